The van der Waals surface area contributed by atoms with Crippen LogP contribution in [0, 0.1) is 3.57 Å². The van der Waals surface area contributed by atoms with Crippen LogP contribution in [0.2, 0.25) is 10.0 Å². The first kappa shape index (κ1) is 25.6. The summed E-state index contributed by atoms with van der Waals surface area (Å²) >= 11 is 14.8. The molecule has 3 aromatic rings. The number of carbonyl (C=O) groups excluding carboxylic acids is 3. The SMILES string of the molecule is COc1cc(/C=C2\SC(=O)N(Cc3ccc(Cl)cc3)C2=O)cc(I)c1OC(=O)c1cccc(Cl)c1. The molecule has 0 unspecified atom stereocenters. The van der Waals surface area contributed by atoms with E-state index in [2.05, 4.69) is 0 Å². The minimum Gasteiger partial charge on any atom is -0.493 e. The second-order valence-electron chi connectivity index (χ2n) is 7.33. The Labute approximate surface area is 229 Å². The Kier molecular flexibility index (Phi) is 8.05. The molecule has 6 nitrogen and oxygen atoms in total. The number of amides is 2. The van der Waals surface area contributed by atoms with Gasteiger partial charge in [0.2, 0.25) is 0 Å². The second-order valence-corrected chi connectivity index (χ2v) is 10.4. The lowest BCUT2D eigenvalue weighted by molar-refractivity contribution is -0.123. The van der Waals surface area contributed by atoms with Crippen LogP contribution >= 0.6 is 57.6 Å². The van der Waals surface area contributed by atoms with Crippen molar-refractivity contribution in [3.05, 3.63) is 95.9 Å². The Morgan fingerprint density at radius 2 is 1.80 bits per heavy atom. The molecule has 0 radical (unpaired) electrons. The first-order chi connectivity index (χ1) is 16.7. The highest BCUT2D eigenvalue weighted by atomic mass is 127. The quantitative estimate of drug-likeness (QED) is 0.124. The lowest BCUT2D eigenvalue weighted by Crippen LogP contribution is -2.27. The molecule has 1 saturated heterocycles. The van der Waals surface area contributed by atoms with Crippen LogP contribution in [-0.2, 0) is 11.3 Å². The molecule has 0 spiro atoms. The van der Waals surface area contributed by atoms with E-state index < -0.39 is 5.97 Å². The maximum absolute atomic E-state index is 12.9. The number of esters is 1. The Bertz CT molecular complexity index is 1360. The van der Waals surface area contributed by atoms with Crippen LogP contribution in [0.3, 0.4) is 0 Å². The van der Waals surface area contributed by atoms with Gasteiger partial charge in [-0.05, 0) is 94.0 Å². The number of halogens is 3. The minimum absolute atomic E-state index is 0.151. The van der Waals surface area contributed by atoms with Crippen LogP contribution in [0.1, 0.15) is 21.5 Å². The summed E-state index contributed by atoms with van der Waals surface area (Å²) in [4.78, 5) is 39.4. The summed E-state index contributed by atoms with van der Waals surface area (Å²) in [6.07, 6.45) is 1.61. The normalized spacial score (nSPS) is 14.5. The number of hydrogen-bond acceptors (Lipinski definition) is 6. The number of rotatable bonds is 6. The molecule has 1 fully saturated rings. The molecule has 3 aromatic carbocycles. The highest BCUT2D eigenvalue weighted by Gasteiger charge is 2.35. The van der Waals surface area contributed by atoms with E-state index in [-0.39, 0.29) is 28.3 Å². The average Bonchev–Trinajstić information content (AvgIpc) is 3.09. The average molecular weight is 640 g/mol. The molecule has 1 aliphatic heterocycles. The smallest absolute Gasteiger partial charge is 0.343 e. The number of nitrogens with zero attached hydrogens (tertiary/aromatic N) is 1. The van der Waals surface area contributed by atoms with Gasteiger partial charge in [0.1, 0.15) is 0 Å². The van der Waals surface area contributed by atoms with Gasteiger partial charge in [-0.25, -0.2) is 4.79 Å². The van der Waals surface area contributed by atoms with Gasteiger partial charge < -0.3 is 9.47 Å². The van der Waals surface area contributed by atoms with Gasteiger partial charge in [-0.1, -0.05) is 41.4 Å². The number of imide groups is 1. The monoisotopic (exact) mass is 639 g/mol. The molecule has 10 heteroatoms. The number of hydrogen-bond donors (Lipinski definition) is 0. The lowest BCUT2D eigenvalue weighted by atomic mass is 10.1. The molecule has 0 aromatic heterocycles. The van der Waals surface area contributed by atoms with Gasteiger partial charge in [0, 0.05) is 10.0 Å². The maximum Gasteiger partial charge on any atom is 0.343 e. The molecule has 0 bridgehead atoms. The fourth-order valence-electron chi connectivity index (χ4n) is 3.25. The molecule has 1 heterocycles. The van der Waals surface area contributed by atoms with Crippen molar-refractivity contribution in [1.82, 2.24) is 4.90 Å². The maximum atomic E-state index is 12.9. The number of methoxy groups -OCH3 is 1. The van der Waals surface area contributed by atoms with Crippen LogP contribution in [-0.4, -0.2) is 29.1 Å². The van der Waals surface area contributed by atoms with Crippen molar-refractivity contribution in [3.63, 3.8) is 0 Å². The highest BCUT2D eigenvalue weighted by Crippen LogP contribution is 2.38. The number of benzene rings is 3. The zero-order valence-electron chi connectivity index (χ0n) is 18.1. The summed E-state index contributed by atoms with van der Waals surface area (Å²) in [5.41, 5.74) is 1.71. The Morgan fingerprint density at radius 1 is 1.06 bits per heavy atom. The van der Waals surface area contributed by atoms with Crippen molar-refractivity contribution >= 4 is 80.7 Å². The van der Waals surface area contributed by atoms with E-state index in [0.717, 1.165) is 17.3 Å². The molecule has 0 aliphatic carbocycles. The van der Waals surface area contributed by atoms with Gasteiger partial charge in [0.05, 0.1) is 27.7 Å². The van der Waals surface area contributed by atoms with Crippen molar-refractivity contribution in [2.45, 2.75) is 6.54 Å². The van der Waals surface area contributed by atoms with Gasteiger partial charge in [-0.15, -0.1) is 0 Å². The van der Waals surface area contributed by atoms with E-state index in [1.54, 1.807) is 60.7 Å². The summed E-state index contributed by atoms with van der Waals surface area (Å²) in [5.74, 6) is -0.426. The summed E-state index contributed by atoms with van der Waals surface area (Å²) < 4.78 is 11.6. The molecule has 1 aliphatic rings. The minimum atomic E-state index is -0.584. The first-order valence-electron chi connectivity index (χ1n) is 10.1. The van der Waals surface area contributed by atoms with Gasteiger partial charge in [0.15, 0.2) is 11.5 Å². The molecule has 4 rings (SSSR count). The van der Waals surface area contributed by atoms with Crippen LogP contribution in [0.4, 0.5) is 4.79 Å². The van der Waals surface area contributed by atoms with Crippen molar-refractivity contribution in [2.24, 2.45) is 0 Å². The molecule has 178 valence electrons. The van der Waals surface area contributed by atoms with Crippen molar-refractivity contribution in [3.8, 4) is 11.5 Å². The standard InChI is InChI=1S/C25H16Cl2INO5S/c1-33-20-10-15(9-19(28)22(20)34-24(31)16-3-2-4-18(27)12-16)11-21-23(30)29(25(32)35-21)13-14-5-7-17(26)8-6-14/h2-12H,13H2,1H3/b21-11-. The second kappa shape index (κ2) is 11.0. The summed E-state index contributed by atoms with van der Waals surface area (Å²) in [7, 11) is 1.45. The van der Waals surface area contributed by atoms with Crippen molar-refractivity contribution in [1.29, 1.82) is 0 Å². The van der Waals surface area contributed by atoms with E-state index in [4.69, 9.17) is 32.7 Å². The third-order valence-corrected chi connectivity index (χ3v) is 7.13. The summed E-state index contributed by atoms with van der Waals surface area (Å²) in [6.45, 7) is 0.151. The molecule has 0 atom stereocenters. The number of ether oxygens (including phenoxy) is 2. The predicted molar refractivity (Wildman–Crippen MR) is 145 cm³/mol. The Morgan fingerprint density at radius 3 is 2.49 bits per heavy atom. The zero-order valence-corrected chi connectivity index (χ0v) is 22.6. The van der Waals surface area contributed by atoms with E-state index in [1.165, 1.54) is 18.1 Å². The molecule has 0 N–H and O–H groups in total. The summed E-state index contributed by atoms with van der Waals surface area (Å²) in [6, 6.07) is 16.8. The summed E-state index contributed by atoms with van der Waals surface area (Å²) in [5, 5.41) is 0.638. The van der Waals surface area contributed by atoms with Gasteiger partial charge in [0.25, 0.3) is 11.1 Å². The molecule has 2 amide bonds. The largest absolute Gasteiger partial charge is 0.493 e. The third-order valence-electron chi connectivity index (χ3n) is 4.93. The van der Waals surface area contributed by atoms with E-state index in [9.17, 15) is 14.4 Å². The van der Waals surface area contributed by atoms with Crippen LogP contribution in [0.25, 0.3) is 6.08 Å². The van der Waals surface area contributed by atoms with E-state index in [1.807, 2.05) is 22.6 Å². The lowest BCUT2D eigenvalue weighted by Gasteiger charge is -2.13. The van der Waals surface area contributed by atoms with Crippen LogP contribution in [0.5, 0.6) is 11.5 Å². The van der Waals surface area contributed by atoms with Crippen molar-refractivity contribution < 1.29 is 23.9 Å². The Hall–Kier alpha value is -2.53. The van der Waals surface area contributed by atoms with Crippen molar-refractivity contribution in [2.75, 3.05) is 7.11 Å². The van der Waals surface area contributed by atoms with Crippen LogP contribution in [0.15, 0.2) is 65.6 Å². The highest BCUT2D eigenvalue weighted by molar-refractivity contribution is 14.1. The molecule has 0 saturated carbocycles. The van der Waals surface area contributed by atoms with Gasteiger partial charge in [-0.3, -0.25) is 14.5 Å². The third kappa shape index (κ3) is 6.00. The fourth-order valence-corrected chi connectivity index (χ4v) is 5.14. The molecular weight excluding hydrogens is 624 g/mol. The van der Waals surface area contributed by atoms with Gasteiger partial charge in [-0.2, -0.15) is 0 Å². The molecular formula is C25H16Cl2INO5S. The molecule has 35 heavy (non-hydrogen) atoms. The van der Waals surface area contributed by atoms with Gasteiger partial charge >= 0.3 is 5.97 Å². The Balaban J connectivity index is 1.56. The van der Waals surface area contributed by atoms with E-state index >= 15 is 0 Å². The number of thioether (sulfide) groups is 1. The van der Waals surface area contributed by atoms with Crippen LogP contribution < -0.4 is 9.47 Å². The van der Waals surface area contributed by atoms with E-state index in [0.29, 0.717) is 30.5 Å². The number of carbonyl (C=O) groups is 3. The topological polar surface area (TPSA) is 72.9 Å². The fraction of sp³-hybridized carbons (Fsp3) is 0.0800. The first-order valence-corrected chi connectivity index (χ1v) is 12.8. The zero-order chi connectivity index (χ0) is 25.1. The predicted octanol–water partition coefficient (Wildman–Crippen LogP) is 7.06.